The van der Waals surface area contributed by atoms with E-state index in [4.69, 9.17) is 0 Å². The maximum Gasteiger partial charge on any atom is 0.0361 e. The molecule has 1 aliphatic carbocycles. The van der Waals surface area contributed by atoms with E-state index < -0.39 is 0 Å². The Kier molecular flexibility index (Phi) is 3.70. The minimum atomic E-state index is 0.495. The highest BCUT2D eigenvalue weighted by Gasteiger charge is 2.39. The van der Waals surface area contributed by atoms with Crippen LogP contribution in [-0.2, 0) is 0 Å². The van der Waals surface area contributed by atoms with Crippen LogP contribution in [0.3, 0.4) is 0 Å². The lowest BCUT2D eigenvalue weighted by atomic mass is 9.76. The molecule has 0 radical (unpaired) electrons. The zero-order valence-electron chi connectivity index (χ0n) is 10.6. The molecule has 2 rings (SSSR count). The Labute approximate surface area is 103 Å². The summed E-state index contributed by atoms with van der Waals surface area (Å²) in [4.78, 5) is 0. The summed E-state index contributed by atoms with van der Waals surface area (Å²) in [5.74, 6) is 0.794. The van der Waals surface area contributed by atoms with Gasteiger partial charge in [0.05, 0.1) is 0 Å². The van der Waals surface area contributed by atoms with E-state index in [9.17, 15) is 0 Å². The van der Waals surface area contributed by atoms with E-state index in [1.165, 1.54) is 24.8 Å². The highest BCUT2D eigenvalue weighted by molar-refractivity contribution is 7.07. The zero-order chi connectivity index (χ0) is 11.6. The second-order valence-electron chi connectivity index (χ2n) is 5.58. The Balaban J connectivity index is 2.19. The Morgan fingerprint density at radius 2 is 2.38 bits per heavy atom. The summed E-state index contributed by atoms with van der Waals surface area (Å²) in [5, 5.41) is 8.19. The monoisotopic (exact) mass is 237 g/mol. The summed E-state index contributed by atoms with van der Waals surface area (Å²) in [6.45, 7) is 8.14. The summed E-state index contributed by atoms with van der Waals surface area (Å²) in [6, 6.07) is 2.85. The van der Waals surface area contributed by atoms with Gasteiger partial charge in [0.15, 0.2) is 0 Å². The molecule has 90 valence electrons. The van der Waals surface area contributed by atoms with Crippen molar-refractivity contribution in [2.45, 2.75) is 46.1 Å². The van der Waals surface area contributed by atoms with Gasteiger partial charge in [0.25, 0.3) is 0 Å². The van der Waals surface area contributed by atoms with Gasteiger partial charge in [-0.2, -0.15) is 11.3 Å². The van der Waals surface area contributed by atoms with Crippen LogP contribution in [0.4, 0.5) is 0 Å². The van der Waals surface area contributed by atoms with E-state index in [0.29, 0.717) is 11.5 Å². The molecule has 1 saturated carbocycles. The molecule has 2 unspecified atom stereocenters. The van der Waals surface area contributed by atoms with E-state index >= 15 is 0 Å². The predicted molar refractivity (Wildman–Crippen MR) is 71.9 cm³/mol. The number of hydrogen-bond donors (Lipinski definition) is 1. The van der Waals surface area contributed by atoms with Crippen LogP contribution in [0.1, 0.15) is 51.6 Å². The van der Waals surface area contributed by atoms with Crippen molar-refractivity contribution in [1.82, 2.24) is 5.32 Å². The van der Waals surface area contributed by atoms with Crippen molar-refractivity contribution < 1.29 is 0 Å². The van der Waals surface area contributed by atoms with Gasteiger partial charge >= 0.3 is 0 Å². The Morgan fingerprint density at radius 3 is 2.88 bits per heavy atom. The predicted octanol–water partition coefficient (Wildman–Crippen LogP) is 4.23. The number of rotatable bonds is 4. The van der Waals surface area contributed by atoms with Gasteiger partial charge in [-0.25, -0.2) is 0 Å². The molecular formula is C14H23NS. The Morgan fingerprint density at radius 1 is 1.56 bits per heavy atom. The molecule has 1 heterocycles. The third kappa shape index (κ3) is 2.33. The minimum Gasteiger partial charge on any atom is -0.310 e. The molecule has 2 atom stereocenters. The molecule has 2 heteroatoms. The second kappa shape index (κ2) is 4.89. The number of thiophene rings is 1. The number of nitrogens with one attached hydrogen (secondary N) is 1. The van der Waals surface area contributed by atoms with E-state index in [0.717, 1.165) is 12.5 Å². The van der Waals surface area contributed by atoms with Gasteiger partial charge in [-0.05, 0) is 53.1 Å². The molecule has 1 aromatic rings. The first-order valence-electron chi connectivity index (χ1n) is 6.40. The third-order valence-electron chi connectivity index (χ3n) is 4.07. The van der Waals surface area contributed by atoms with Crippen LogP contribution in [-0.4, -0.2) is 6.54 Å². The van der Waals surface area contributed by atoms with E-state index in [-0.39, 0.29) is 0 Å². The van der Waals surface area contributed by atoms with Gasteiger partial charge in [-0.1, -0.05) is 27.2 Å². The highest BCUT2D eigenvalue weighted by Crippen LogP contribution is 2.48. The average molecular weight is 237 g/mol. The molecule has 1 fully saturated rings. The first-order valence-corrected chi connectivity index (χ1v) is 7.35. The van der Waals surface area contributed by atoms with Gasteiger partial charge < -0.3 is 5.32 Å². The molecule has 0 amide bonds. The van der Waals surface area contributed by atoms with Gasteiger partial charge in [-0.15, -0.1) is 0 Å². The molecule has 0 spiro atoms. The van der Waals surface area contributed by atoms with Crippen LogP contribution in [0.5, 0.6) is 0 Å². The minimum absolute atomic E-state index is 0.495. The van der Waals surface area contributed by atoms with Crippen molar-refractivity contribution in [3.63, 3.8) is 0 Å². The summed E-state index contributed by atoms with van der Waals surface area (Å²) < 4.78 is 0. The summed E-state index contributed by atoms with van der Waals surface area (Å²) in [5.41, 5.74) is 1.99. The standard InChI is InChI=1S/C14H23NS/c1-4-15-13(11-7-9-16-10-11)12-6-5-8-14(12,2)3/h7,9-10,12-13,15H,4-6,8H2,1-3H3. The van der Waals surface area contributed by atoms with Crippen molar-refractivity contribution in [3.05, 3.63) is 22.4 Å². The summed E-state index contributed by atoms with van der Waals surface area (Å²) in [6.07, 6.45) is 4.15. The largest absolute Gasteiger partial charge is 0.310 e. The maximum atomic E-state index is 3.69. The SMILES string of the molecule is CCNC(c1ccsc1)C1CCCC1(C)C. The normalized spacial score (nSPS) is 25.8. The molecule has 0 saturated heterocycles. The van der Waals surface area contributed by atoms with E-state index in [1.54, 1.807) is 0 Å². The molecule has 0 aliphatic heterocycles. The van der Waals surface area contributed by atoms with Crippen LogP contribution in [0.15, 0.2) is 16.8 Å². The Bertz CT molecular complexity index is 315. The molecule has 1 aromatic heterocycles. The van der Waals surface area contributed by atoms with Crippen molar-refractivity contribution >= 4 is 11.3 Å². The van der Waals surface area contributed by atoms with E-state index in [2.05, 4.69) is 42.9 Å². The van der Waals surface area contributed by atoms with Crippen LogP contribution in [0, 0.1) is 11.3 Å². The molecule has 0 aromatic carbocycles. The second-order valence-corrected chi connectivity index (χ2v) is 6.36. The first kappa shape index (κ1) is 12.1. The molecule has 0 bridgehead atoms. The molecule has 16 heavy (non-hydrogen) atoms. The fraction of sp³-hybridized carbons (Fsp3) is 0.714. The van der Waals surface area contributed by atoms with Crippen molar-refractivity contribution in [2.75, 3.05) is 6.54 Å². The van der Waals surface area contributed by atoms with E-state index in [1.807, 2.05) is 11.3 Å². The molecule has 1 N–H and O–H groups in total. The molecule has 1 nitrogen and oxygen atoms in total. The topological polar surface area (TPSA) is 12.0 Å². The van der Waals surface area contributed by atoms with Crippen LogP contribution < -0.4 is 5.32 Å². The fourth-order valence-electron chi connectivity index (χ4n) is 3.14. The first-order chi connectivity index (χ1) is 7.65. The molecule has 1 aliphatic rings. The zero-order valence-corrected chi connectivity index (χ0v) is 11.4. The average Bonchev–Trinajstić information content (AvgIpc) is 2.84. The van der Waals surface area contributed by atoms with Crippen molar-refractivity contribution in [2.24, 2.45) is 11.3 Å². The maximum absolute atomic E-state index is 3.69. The highest BCUT2D eigenvalue weighted by atomic mass is 32.1. The van der Waals surface area contributed by atoms with Gasteiger partial charge in [0.1, 0.15) is 0 Å². The van der Waals surface area contributed by atoms with Crippen LogP contribution >= 0.6 is 11.3 Å². The van der Waals surface area contributed by atoms with Gasteiger partial charge in [-0.3, -0.25) is 0 Å². The van der Waals surface area contributed by atoms with Crippen molar-refractivity contribution in [1.29, 1.82) is 0 Å². The molecular weight excluding hydrogens is 214 g/mol. The summed E-state index contributed by atoms with van der Waals surface area (Å²) in [7, 11) is 0. The summed E-state index contributed by atoms with van der Waals surface area (Å²) >= 11 is 1.81. The Hall–Kier alpha value is -0.340. The lowest BCUT2D eigenvalue weighted by Crippen LogP contribution is -2.33. The lowest BCUT2D eigenvalue weighted by Gasteiger charge is -2.34. The third-order valence-corrected chi connectivity index (χ3v) is 4.77. The van der Waals surface area contributed by atoms with Crippen LogP contribution in [0.25, 0.3) is 0 Å². The van der Waals surface area contributed by atoms with Crippen LogP contribution in [0.2, 0.25) is 0 Å². The quantitative estimate of drug-likeness (QED) is 0.826. The lowest BCUT2D eigenvalue weighted by molar-refractivity contribution is 0.199. The smallest absolute Gasteiger partial charge is 0.0361 e. The van der Waals surface area contributed by atoms with Crippen molar-refractivity contribution in [3.8, 4) is 0 Å². The van der Waals surface area contributed by atoms with Gasteiger partial charge in [0.2, 0.25) is 0 Å². The van der Waals surface area contributed by atoms with Gasteiger partial charge in [0, 0.05) is 6.04 Å². The fourth-order valence-corrected chi connectivity index (χ4v) is 3.83. The number of hydrogen-bond acceptors (Lipinski definition) is 2.